The van der Waals surface area contributed by atoms with Gasteiger partial charge in [-0.3, -0.25) is 14.9 Å². The quantitative estimate of drug-likeness (QED) is 0.583. The fourth-order valence-corrected chi connectivity index (χ4v) is 6.40. The molecule has 4 saturated carbocycles. The summed E-state index contributed by atoms with van der Waals surface area (Å²) in [5, 5.41) is 1.94. The molecule has 0 aliphatic heterocycles. The van der Waals surface area contributed by atoms with Gasteiger partial charge in [0.2, 0.25) is 0 Å². The summed E-state index contributed by atoms with van der Waals surface area (Å²) in [6, 6.07) is -0.942. The lowest BCUT2D eigenvalue weighted by atomic mass is 9.49. The lowest BCUT2D eigenvalue weighted by Gasteiger charge is -2.58. The van der Waals surface area contributed by atoms with Crippen LogP contribution in [-0.2, 0) is 14.3 Å². The predicted octanol–water partition coefficient (Wildman–Crippen LogP) is 1.85. The summed E-state index contributed by atoms with van der Waals surface area (Å²) in [7, 11) is 0. The fourth-order valence-electron chi connectivity index (χ4n) is 4.95. The van der Waals surface area contributed by atoms with E-state index in [4.69, 9.17) is 10.5 Å². The molecule has 122 valence electrons. The average molecular weight is 373 g/mol. The van der Waals surface area contributed by atoms with E-state index in [1.54, 1.807) is 0 Å². The molecule has 0 radical (unpaired) electrons. The zero-order valence-electron chi connectivity index (χ0n) is 12.6. The van der Waals surface area contributed by atoms with Crippen molar-refractivity contribution in [2.75, 3.05) is 0 Å². The third-order valence-electron chi connectivity index (χ3n) is 5.32. The summed E-state index contributed by atoms with van der Waals surface area (Å²) in [6.07, 6.45) is 4.89. The van der Waals surface area contributed by atoms with Gasteiger partial charge in [-0.15, -0.1) is 0 Å². The summed E-state index contributed by atoms with van der Waals surface area (Å²) in [5.74, 6) is 0.127. The number of hydrogen-bond acceptors (Lipinski definition) is 4. The molecule has 4 bridgehead atoms. The van der Waals surface area contributed by atoms with Gasteiger partial charge >= 0.3 is 12.0 Å². The molecule has 3 N–H and O–H groups in total. The molecule has 4 aliphatic rings. The Bertz CT molecular complexity index is 522. The van der Waals surface area contributed by atoms with Gasteiger partial charge in [0.1, 0.15) is 0 Å². The second-order valence-corrected chi connectivity index (χ2v) is 8.98. The Hall–Kier alpha value is -1.11. The van der Waals surface area contributed by atoms with Crippen molar-refractivity contribution >= 4 is 33.8 Å². The largest absolute Gasteiger partial charge is 0.452 e. The maximum atomic E-state index is 12.7. The van der Waals surface area contributed by atoms with Crippen LogP contribution < -0.4 is 11.1 Å². The number of nitrogens with one attached hydrogen (secondary N) is 1. The molecule has 4 rings (SSSR count). The summed E-state index contributed by atoms with van der Waals surface area (Å²) < 4.78 is 5.41. The number of ether oxygens (including phenoxy) is 1. The molecule has 7 heteroatoms. The molecule has 0 saturated heterocycles. The van der Waals surface area contributed by atoms with Gasteiger partial charge in [-0.25, -0.2) is 4.79 Å². The highest BCUT2D eigenvalue weighted by molar-refractivity contribution is 9.10. The third-order valence-corrected chi connectivity index (χ3v) is 6.25. The first kappa shape index (κ1) is 15.8. The molecule has 0 aromatic rings. The molecular weight excluding hydrogens is 352 g/mol. The number of primary amides is 1. The van der Waals surface area contributed by atoms with Crippen LogP contribution in [0.5, 0.6) is 0 Å². The minimum Gasteiger partial charge on any atom is -0.452 e. The fraction of sp³-hybridized carbons (Fsp3) is 0.800. The monoisotopic (exact) mass is 372 g/mol. The number of urea groups is 1. The van der Waals surface area contributed by atoms with Gasteiger partial charge in [0.25, 0.3) is 5.91 Å². The van der Waals surface area contributed by atoms with Crippen LogP contribution in [0.2, 0.25) is 0 Å². The van der Waals surface area contributed by atoms with Crippen molar-refractivity contribution in [1.82, 2.24) is 5.32 Å². The smallest absolute Gasteiger partial charge is 0.318 e. The number of carbonyl (C=O) groups excluding carboxylic acids is 3. The first-order valence-electron chi connectivity index (χ1n) is 7.72. The van der Waals surface area contributed by atoms with Crippen LogP contribution in [0.4, 0.5) is 4.79 Å². The molecule has 0 heterocycles. The molecule has 4 aliphatic carbocycles. The summed E-state index contributed by atoms with van der Waals surface area (Å²) >= 11 is 3.84. The maximum absolute atomic E-state index is 12.7. The van der Waals surface area contributed by atoms with Crippen LogP contribution in [0.3, 0.4) is 0 Å². The van der Waals surface area contributed by atoms with E-state index in [1.165, 1.54) is 13.3 Å². The molecule has 0 spiro atoms. The number of alkyl halides is 1. The lowest BCUT2D eigenvalue weighted by Crippen LogP contribution is -2.57. The predicted molar refractivity (Wildman–Crippen MR) is 82.1 cm³/mol. The maximum Gasteiger partial charge on any atom is 0.318 e. The number of esters is 1. The number of carbonyl (C=O) groups is 3. The summed E-state index contributed by atoms with van der Waals surface area (Å²) in [5.41, 5.74) is 4.43. The summed E-state index contributed by atoms with van der Waals surface area (Å²) in [6.45, 7) is 1.46. The Balaban J connectivity index is 1.70. The second kappa shape index (κ2) is 5.22. The lowest BCUT2D eigenvalue weighted by molar-refractivity contribution is -0.176. The first-order chi connectivity index (χ1) is 10.2. The van der Waals surface area contributed by atoms with Crippen LogP contribution >= 0.6 is 15.9 Å². The Kier molecular flexibility index (Phi) is 3.74. The Labute approximate surface area is 137 Å². The number of nitrogens with two attached hydrogens (primary N) is 1. The minimum atomic E-state index is -1.01. The number of hydrogen-bond donors (Lipinski definition) is 2. The van der Waals surface area contributed by atoms with Crippen LogP contribution in [0, 0.1) is 17.3 Å². The molecule has 0 aromatic heterocycles. The van der Waals surface area contributed by atoms with E-state index >= 15 is 0 Å². The first-order valence-corrected chi connectivity index (χ1v) is 8.51. The van der Waals surface area contributed by atoms with Crippen LogP contribution in [0.25, 0.3) is 0 Å². The van der Waals surface area contributed by atoms with E-state index in [0.717, 1.165) is 32.1 Å². The third kappa shape index (κ3) is 2.75. The van der Waals surface area contributed by atoms with E-state index in [1.807, 2.05) is 5.32 Å². The van der Waals surface area contributed by atoms with E-state index in [0.29, 0.717) is 11.8 Å². The van der Waals surface area contributed by atoms with Gasteiger partial charge in [-0.05, 0) is 57.3 Å². The van der Waals surface area contributed by atoms with Gasteiger partial charge in [0, 0.05) is 4.32 Å². The molecule has 3 amide bonds. The van der Waals surface area contributed by atoms with Gasteiger partial charge in [0.15, 0.2) is 6.10 Å². The number of rotatable bonds is 3. The highest BCUT2D eigenvalue weighted by atomic mass is 79.9. The molecule has 6 nitrogen and oxygen atoms in total. The number of halogens is 1. The average Bonchev–Trinajstić information content (AvgIpc) is 2.34. The zero-order valence-corrected chi connectivity index (χ0v) is 14.1. The summed E-state index contributed by atoms with van der Waals surface area (Å²) in [4.78, 5) is 35.1. The Morgan fingerprint density at radius 1 is 1.23 bits per heavy atom. The van der Waals surface area contributed by atoms with Crippen molar-refractivity contribution in [3.63, 3.8) is 0 Å². The molecule has 0 aromatic carbocycles. The van der Waals surface area contributed by atoms with Gasteiger partial charge in [-0.1, -0.05) is 15.9 Å². The van der Waals surface area contributed by atoms with Crippen LogP contribution in [0.15, 0.2) is 0 Å². The SMILES string of the molecule is C[C@@H](OC(=O)C12C[C@@H]3C[C@@H](CC(Br)(C3)C1)C2)C(=O)NC(N)=O. The van der Waals surface area contributed by atoms with Crippen molar-refractivity contribution in [2.24, 2.45) is 23.0 Å². The van der Waals surface area contributed by atoms with Gasteiger partial charge in [-0.2, -0.15) is 0 Å². The molecule has 2 unspecified atom stereocenters. The van der Waals surface area contributed by atoms with Crippen LogP contribution in [0.1, 0.15) is 45.4 Å². The normalized spacial score (nSPS) is 40.1. The van der Waals surface area contributed by atoms with E-state index in [-0.39, 0.29) is 10.3 Å². The molecular formula is C15H21BrN2O4. The molecule has 5 atom stereocenters. The second-order valence-electron chi connectivity index (χ2n) is 7.29. The van der Waals surface area contributed by atoms with Crippen molar-refractivity contribution in [3.05, 3.63) is 0 Å². The standard InChI is InChI=1S/C15H21BrN2O4/c1-8(11(19)18-13(17)21)22-12(20)14-3-9-2-10(4-14)6-15(16,5-9)7-14/h8-10H,2-7H2,1H3,(H3,17,18,19,21)/t8-,9-,10+,14?,15?/m1/s1. The minimum absolute atomic E-state index is 0.0504. The molecule has 22 heavy (non-hydrogen) atoms. The zero-order chi connectivity index (χ0) is 16.1. The Morgan fingerprint density at radius 3 is 2.32 bits per heavy atom. The van der Waals surface area contributed by atoms with E-state index in [2.05, 4.69) is 15.9 Å². The van der Waals surface area contributed by atoms with Crippen molar-refractivity contribution in [3.8, 4) is 0 Å². The number of amides is 3. The van der Waals surface area contributed by atoms with Crippen molar-refractivity contribution in [1.29, 1.82) is 0 Å². The highest BCUT2D eigenvalue weighted by Gasteiger charge is 2.60. The van der Waals surface area contributed by atoms with E-state index in [9.17, 15) is 14.4 Å². The van der Waals surface area contributed by atoms with Crippen molar-refractivity contribution in [2.45, 2.75) is 55.9 Å². The highest BCUT2D eigenvalue weighted by Crippen LogP contribution is 2.64. The number of imide groups is 1. The Morgan fingerprint density at radius 2 is 1.82 bits per heavy atom. The van der Waals surface area contributed by atoms with Crippen molar-refractivity contribution < 1.29 is 19.1 Å². The van der Waals surface area contributed by atoms with Gasteiger partial charge in [0.05, 0.1) is 5.41 Å². The van der Waals surface area contributed by atoms with Gasteiger partial charge < -0.3 is 10.5 Å². The van der Waals surface area contributed by atoms with Crippen LogP contribution in [-0.4, -0.2) is 28.3 Å². The topological polar surface area (TPSA) is 98.5 Å². The van der Waals surface area contributed by atoms with E-state index < -0.39 is 23.5 Å². The molecule has 4 fully saturated rings.